The van der Waals surface area contributed by atoms with Gasteiger partial charge in [0, 0.05) is 29.4 Å². The molecule has 0 radical (unpaired) electrons. The Morgan fingerprint density at radius 3 is 2.55 bits per heavy atom. The fourth-order valence-corrected chi connectivity index (χ4v) is 4.66. The van der Waals surface area contributed by atoms with Crippen LogP contribution in [0.4, 0.5) is 0 Å². The highest BCUT2D eigenvalue weighted by Gasteiger charge is 2.51. The van der Waals surface area contributed by atoms with E-state index in [1.807, 2.05) is 9.10 Å². The summed E-state index contributed by atoms with van der Waals surface area (Å²) in [6.45, 7) is 6.31. The highest BCUT2D eigenvalue weighted by molar-refractivity contribution is 6.14. The van der Waals surface area contributed by atoms with Gasteiger partial charge in [-0.2, -0.15) is 5.10 Å². The van der Waals surface area contributed by atoms with Gasteiger partial charge < -0.3 is 5.32 Å². The molecule has 0 aliphatic carbocycles. The second kappa shape index (κ2) is 4.48. The van der Waals surface area contributed by atoms with Crippen molar-refractivity contribution in [3.05, 3.63) is 17.5 Å². The molecule has 6 heteroatoms. The van der Waals surface area contributed by atoms with Crippen LogP contribution in [0.15, 0.2) is 6.20 Å². The molecule has 1 aromatic heterocycles. The van der Waals surface area contributed by atoms with Crippen LogP contribution in [0.3, 0.4) is 0 Å². The first-order valence-electron chi connectivity index (χ1n) is 8.13. The van der Waals surface area contributed by atoms with E-state index in [2.05, 4.69) is 37.4 Å². The van der Waals surface area contributed by atoms with Gasteiger partial charge in [-0.05, 0) is 64.7 Å². The average molecular weight is 323 g/mol. The van der Waals surface area contributed by atoms with E-state index >= 15 is 0 Å². The van der Waals surface area contributed by atoms with Crippen molar-refractivity contribution < 1.29 is 4.79 Å². The van der Waals surface area contributed by atoms with Crippen LogP contribution < -0.4 is 5.32 Å². The van der Waals surface area contributed by atoms with E-state index in [1.165, 1.54) is 0 Å². The van der Waals surface area contributed by atoms with Crippen molar-refractivity contribution in [1.82, 2.24) is 19.5 Å². The fourth-order valence-electron chi connectivity index (χ4n) is 4.32. The molecule has 3 aliphatic heterocycles. The van der Waals surface area contributed by atoms with Crippen LogP contribution in [0, 0.1) is 0 Å². The van der Waals surface area contributed by atoms with Crippen molar-refractivity contribution in [1.29, 1.82) is 0 Å². The lowest BCUT2D eigenvalue weighted by Crippen LogP contribution is -2.60. The minimum atomic E-state index is -0.132. The van der Waals surface area contributed by atoms with E-state index in [4.69, 9.17) is 11.8 Å². The summed E-state index contributed by atoms with van der Waals surface area (Å²) in [5.41, 5.74) is 1.44. The molecule has 5 nitrogen and oxygen atoms in total. The lowest BCUT2D eigenvalue weighted by atomic mass is 9.77. The monoisotopic (exact) mass is 322 g/mol. The van der Waals surface area contributed by atoms with Crippen LogP contribution in [0.2, 0.25) is 0 Å². The topological polar surface area (TPSA) is 50.2 Å². The zero-order valence-electron chi connectivity index (χ0n) is 13.4. The summed E-state index contributed by atoms with van der Waals surface area (Å²) < 4.78 is 3.91. The Morgan fingerprint density at radius 2 is 1.95 bits per heavy atom. The third-order valence-electron chi connectivity index (χ3n) is 5.38. The second-order valence-electron chi connectivity index (χ2n) is 8.17. The normalized spacial score (nSPS) is 34.8. The van der Waals surface area contributed by atoms with Crippen molar-refractivity contribution in [2.75, 3.05) is 0 Å². The smallest absolute Gasteiger partial charge is 0.272 e. The molecule has 2 atom stereocenters. The molecule has 3 aliphatic rings. The third kappa shape index (κ3) is 2.09. The van der Waals surface area contributed by atoms with Gasteiger partial charge in [-0.15, -0.1) is 0 Å². The molecule has 4 rings (SSSR count). The first-order chi connectivity index (χ1) is 10.3. The van der Waals surface area contributed by atoms with Gasteiger partial charge in [-0.3, -0.25) is 9.48 Å². The Morgan fingerprint density at radius 1 is 1.32 bits per heavy atom. The number of rotatable bonds is 0. The number of carbonyl (C=O) groups excluding carboxylic acids is 1. The maximum Gasteiger partial charge on any atom is 0.272 e. The minimum absolute atomic E-state index is 0.0216. The number of nitrogens with zero attached hydrogens (tertiary/aromatic N) is 3. The summed E-state index contributed by atoms with van der Waals surface area (Å²) >= 11 is 6.39. The zero-order valence-corrected chi connectivity index (χ0v) is 14.2. The van der Waals surface area contributed by atoms with Crippen LogP contribution in [0.5, 0.6) is 0 Å². The molecule has 22 heavy (non-hydrogen) atoms. The molecule has 1 aromatic rings. The van der Waals surface area contributed by atoms with Crippen molar-refractivity contribution in [2.45, 2.75) is 76.0 Å². The minimum Gasteiger partial charge on any atom is -0.345 e. The average Bonchev–Trinajstić information content (AvgIpc) is 2.91. The highest BCUT2D eigenvalue weighted by Crippen LogP contribution is 2.44. The number of halogens is 1. The van der Waals surface area contributed by atoms with Crippen LogP contribution in [0.25, 0.3) is 0 Å². The van der Waals surface area contributed by atoms with Crippen molar-refractivity contribution in [3.63, 3.8) is 0 Å². The standard InChI is InChI=1S/C16H23ClN4O/c1-15(2,3)20-9-10-6-16(18-14(22)13(10)19-20)7-11-4-5-12(8-16)21(11)17/h9,11-12H,4-8H2,1-3H3,(H,18,22). The summed E-state index contributed by atoms with van der Waals surface area (Å²) in [5.74, 6) is -0.0216. The molecular formula is C16H23ClN4O. The van der Waals surface area contributed by atoms with E-state index < -0.39 is 0 Å². The molecule has 2 saturated heterocycles. The lowest BCUT2D eigenvalue weighted by molar-refractivity contribution is 0.0759. The molecule has 4 heterocycles. The predicted molar refractivity (Wildman–Crippen MR) is 84.9 cm³/mol. The zero-order chi connectivity index (χ0) is 15.7. The highest BCUT2D eigenvalue weighted by atomic mass is 35.5. The molecule has 120 valence electrons. The Balaban J connectivity index is 1.68. The number of hydrogen-bond acceptors (Lipinski definition) is 3. The molecule has 1 N–H and O–H groups in total. The van der Waals surface area contributed by atoms with Gasteiger partial charge in [0.1, 0.15) is 0 Å². The van der Waals surface area contributed by atoms with E-state index in [1.54, 1.807) is 0 Å². The Kier molecular flexibility index (Phi) is 2.96. The Bertz CT molecular complexity index is 619. The van der Waals surface area contributed by atoms with Gasteiger partial charge in [-0.25, -0.2) is 4.42 Å². The molecule has 1 amide bonds. The van der Waals surface area contributed by atoms with Crippen molar-refractivity contribution >= 4 is 17.7 Å². The van der Waals surface area contributed by atoms with E-state index in [9.17, 15) is 4.79 Å². The predicted octanol–water partition coefficient (Wildman–Crippen LogP) is 2.44. The summed E-state index contributed by atoms with van der Waals surface area (Å²) in [6.07, 6.45) is 7.10. The summed E-state index contributed by atoms with van der Waals surface area (Å²) in [7, 11) is 0. The summed E-state index contributed by atoms with van der Waals surface area (Å²) in [5, 5.41) is 7.79. The number of amides is 1. The number of nitrogens with one attached hydrogen (secondary N) is 1. The van der Waals surface area contributed by atoms with E-state index in [-0.39, 0.29) is 17.0 Å². The van der Waals surface area contributed by atoms with Crippen LogP contribution in [0.1, 0.15) is 62.5 Å². The van der Waals surface area contributed by atoms with Crippen molar-refractivity contribution in [2.24, 2.45) is 0 Å². The third-order valence-corrected chi connectivity index (χ3v) is 5.94. The number of piperidine rings is 1. The van der Waals surface area contributed by atoms with Gasteiger partial charge in [0.25, 0.3) is 5.91 Å². The van der Waals surface area contributed by atoms with Gasteiger partial charge in [0.2, 0.25) is 0 Å². The number of hydrogen-bond donors (Lipinski definition) is 1. The van der Waals surface area contributed by atoms with Crippen LogP contribution in [-0.2, 0) is 12.0 Å². The largest absolute Gasteiger partial charge is 0.345 e. The summed E-state index contributed by atoms with van der Waals surface area (Å²) in [6, 6.07) is 0.778. The Hall–Kier alpha value is -1.07. The second-order valence-corrected chi connectivity index (χ2v) is 8.56. The fraction of sp³-hybridized carbons (Fsp3) is 0.750. The van der Waals surface area contributed by atoms with E-state index in [0.29, 0.717) is 17.8 Å². The van der Waals surface area contributed by atoms with Crippen LogP contribution in [-0.4, -0.2) is 37.7 Å². The van der Waals surface area contributed by atoms with Gasteiger partial charge in [0.05, 0.1) is 5.54 Å². The SMILES string of the molecule is CC(C)(C)n1cc2c(n1)C(=O)NC1(C2)CC2CCC(C1)N2Cl. The quantitative estimate of drug-likeness (QED) is 0.746. The van der Waals surface area contributed by atoms with Crippen LogP contribution >= 0.6 is 11.8 Å². The maximum absolute atomic E-state index is 12.6. The van der Waals surface area contributed by atoms with Gasteiger partial charge >= 0.3 is 0 Å². The van der Waals surface area contributed by atoms with Gasteiger partial charge in [-0.1, -0.05) is 0 Å². The molecule has 2 unspecified atom stereocenters. The van der Waals surface area contributed by atoms with Crippen molar-refractivity contribution in [3.8, 4) is 0 Å². The summed E-state index contributed by atoms with van der Waals surface area (Å²) in [4.78, 5) is 12.6. The molecule has 2 fully saturated rings. The number of fused-ring (bicyclic) bond motifs is 3. The number of aromatic nitrogens is 2. The molecule has 0 aromatic carbocycles. The molecule has 1 spiro atoms. The first-order valence-corrected chi connectivity index (χ1v) is 8.47. The lowest BCUT2D eigenvalue weighted by Gasteiger charge is -2.46. The maximum atomic E-state index is 12.6. The van der Waals surface area contributed by atoms with E-state index in [0.717, 1.165) is 37.7 Å². The molecule has 2 bridgehead atoms. The molecule has 0 saturated carbocycles. The first kappa shape index (κ1) is 14.5. The van der Waals surface area contributed by atoms with Gasteiger partial charge in [0.15, 0.2) is 5.69 Å². The Labute approximate surface area is 136 Å². The number of carbonyl (C=O) groups is 1. The molecular weight excluding hydrogens is 300 g/mol.